The van der Waals surface area contributed by atoms with Crippen molar-refractivity contribution in [2.24, 2.45) is 5.73 Å². The molecule has 0 aliphatic heterocycles. The van der Waals surface area contributed by atoms with Crippen molar-refractivity contribution in [2.75, 3.05) is 11.9 Å². The number of hydrogen-bond acceptors (Lipinski definition) is 5. The summed E-state index contributed by atoms with van der Waals surface area (Å²) in [6, 6.07) is 5.01. The normalized spacial score (nSPS) is 10.9. The van der Waals surface area contributed by atoms with Crippen molar-refractivity contribution >= 4 is 40.6 Å². The first-order chi connectivity index (χ1) is 11.4. The number of carbonyl (C=O) groups is 2. The van der Waals surface area contributed by atoms with Crippen molar-refractivity contribution in [3.63, 3.8) is 0 Å². The van der Waals surface area contributed by atoms with Crippen LogP contribution in [-0.4, -0.2) is 23.9 Å². The van der Waals surface area contributed by atoms with Crippen molar-refractivity contribution in [3.05, 3.63) is 40.7 Å². The Balaban J connectivity index is 0.00000312. The monoisotopic (exact) mass is 385 g/mol. The number of thiophene rings is 1. The van der Waals surface area contributed by atoms with E-state index in [9.17, 15) is 9.59 Å². The van der Waals surface area contributed by atoms with E-state index in [1.165, 1.54) is 17.6 Å². The van der Waals surface area contributed by atoms with Gasteiger partial charge in [0.05, 0.1) is 21.7 Å². The lowest BCUT2D eigenvalue weighted by Gasteiger charge is -2.31. The van der Waals surface area contributed by atoms with E-state index >= 15 is 0 Å². The van der Waals surface area contributed by atoms with Gasteiger partial charge in [0.15, 0.2) is 5.76 Å². The van der Waals surface area contributed by atoms with E-state index in [1.807, 2.05) is 20.8 Å². The van der Waals surface area contributed by atoms with E-state index in [2.05, 4.69) is 10.6 Å². The lowest BCUT2D eigenvalue weighted by molar-refractivity contribution is 0.0898. The molecule has 0 spiro atoms. The van der Waals surface area contributed by atoms with Crippen LogP contribution in [0.25, 0.3) is 0 Å². The predicted molar refractivity (Wildman–Crippen MR) is 103 cm³/mol. The number of nitrogens with one attached hydrogen (secondary N) is 2. The molecule has 0 aliphatic rings. The number of aryl methyl sites for hydroxylation is 1. The summed E-state index contributed by atoms with van der Waals surface area (Å²) in [6.07, 6.45) is 2.96. The van der Waals surface area contributed by atoms with Gasteiger partial charge in [-0.25, -0.2) is 0 Å². The number of anilines is 1. The first-order valence-electron chi connectivity index (χ1n) is 7.92. The molecule has 4 N–H and O–H groups in total. The number of rotatable bonds is 7. The molecule has 6 nitrogen and oxygen atoms in total. The quantitative estimate of drug-likeness (QED) is 0.678. The van der Waals surface area contributed by atoms with Crippen LogP contribution < -0.4 is 16.4 Å². The lowest BCUT2D eigenvalue weighted by atomic mass is 9.93. The zero-order chi connectivity index (χ0) is 17.7. The summed E-state index contributed by atoms with van der Waals surface area (Å²) >= 11 is 1.24. The number of nitrogens with two attached hydrogens (primary N) is 1. The highest BCUT2D eigenvalue weighted by atomic mass is 35.5. The van der Waals surface area contributed by atoms with Crippen molar-refractivity contribution in [3.8, 4) is 0 Å². The molecule has 0 saturated heterocycles. The Hall–Kier alpha value is -1.83. The van der Waals surface area contributed by atoms with Crippen LogP contribution in [-0.2, 0) is 0 Å². The minimum Gasteiger partial charge on any atom is -0.459 e. The van der Waals surface area contributed by atoms with Gasteiger partial charge in [-0.2, -0.15) is 0 Å². The van der Waals surface area contributed by atoms with Gasteiger partial charge in [-0.15, -0.1) is 23.7 Å². The van der Waals surface area contributed by atoms with Gasteiger partial charge in [0.25, 0.3) is 11.8 Å². The van der Waals surface area contributed by atoms with Gasteiger partial charge in [-0.1, -0.05) is 13.8 Å². The first-order valence-corrected chi connectivity index (χ1v) is 8.74. The third-order valence-electron chi connectivity index (χ3n) is 4.23. The molecule has 0 atom stereocenters. The molecule has 0 bridgehead atoms. The SMILES string of the molecule is CCC(CC)(CN)NC(=O)c1sc(NC(=O)c2ccco2)cc1C.Cl. The number of furan rings is 1. The van der Waals surface area contributed by atoms with Crippen LogP contribution in [0.1, 0.15) is 52.5 Å². The van der Waals surface area contributed by atoms with Crippen LogP contribution in [0.3, 0.4) is 0 Å². The third-order valence-corrected chi connectivity index (χ3v) is 5.38. The smallest absolute Gasteiger partial charge is 0.291 e. The van der Waals surface area contributed by atoms with Gasteiger partial charge in [-0.05, 0) is 43.5 Å². The molecule has 2 aromatic heterocycles. The third kappa shape index (κ3) is 4.84. The summed E-state index contributed by atoms with van der Waals surface area (Å²) in [5.41, 5.74) is 6.25. The zero-order valence-electron chi connectivity index (χ0n) is 14.5. The fourth-order valence-electron chi connectivity index (χ4n) is 2.41. The summed E-state index contributed by atoms with van der Waals surface area (Å²) in [4.78, 5) is 25.2. The summed E-state index contributed by atoms with van der Waals surface area (Å²) < 4.78 is 5.06. The first kappa shape index (κ1) is 21.2. The molecule has 0 radical (unpaired) electrons. The van der Waals surface area contributed by atoms with Gasteiger partial charge in [0.2, 0.25) is 0 Å². The minimum absolute atomic E-state index is 0. The molecular formula is C17H24ClN3O3S. The standard InChI is InChI=1S/C17H23N3O3S.ClH/c1-4-17(5-2,10-18)20-16(22)14-11(3)9-13(24-14)19-15(21)12-7-6-8-23-12;/h6-9H,4-5,10,18H2,1-3H3,(H,19,21)(H,20,22);1H. The molecule has 2 rings (SSSR count). The maximum absolute atomic E-state index is 12.6. The maximum atomic E-state index is 12.6. The van der Waals surface area contributed by atoms with Crippen molar-refractivity contribution < 1.29 is 14.0 Å². The zero-order valence-corrected chi connectivity index (χ0v) is 16.2. The molecule has 0 fully saturated rings. The van der Waals surface area contributed by atoms with E-state index in [-0.39, 0.29) is 30.0 Å². The molecule has 0 saturated carbocycles. The Kier molecular flexibility index (Phi) is 7.66. The van der Waals surface area contributed by atoms with E-state index in [4.69, 9.17) is 10.2 Å². The number of hydrogen-bond donors (Lipinski definition) is 3. The van der Waals surface area contributed by atoms with Crippen LogP contribution >= 0.6 is 23.7 Å². The molecule has 2 heterocycles. The van der Waals surface area contributed by atoms with E-state index in [1.54, 1.807) is 18.2 Å². The Morgan fingerprint density at radius 2 is 1.96 bits per heavy atom. The molecule has 8 heteroatoms. The van der Waals surface area contributed by atoms with Gasteiger partial charge < -0.3 is 20.8 Å². The molecule has 0 aliphatic carbocycles. The molecule has 138 valence electrons. The Morgan fingerprint density at radius 1 is 1.28 bits per heavy atom. The van der Waals surface area contributed by atoms with Crippen molar-refractivity contribution in [2.45, 2.75) is 39.2 Å². The highest BCUT2D eigenvalue weighted by Crippen LogP contribution is 2.28. The van der Waals surface area contributed by atoms with Crippen LogP contribution in [0.15, 0.2) is 28.9 Å². The van der Waals surface area contributed by atoms with Crippen LogP contribution in [0.5, 0.6) is 0 Å². The summed E-state index contributed by atoms with van der Waals surface area (Å²) in [5.74, 6) is -0.275. The van der Waals surface area contributed by atoms with Crippen LogP contribution in [0.2, 0.25) is 0 Å². The minimum atomic E-state index is -0.398. The van der Waals surface area contributed by atoms with Gasteiger partial charge >= 0.3 is 0 Å². The molecule has 0 unspecified atom stereocenters. The fourth-order valence-corrected chi connectivity index (χ4v) is 3.38. The lowest BCUT2D eigenvalue weighted by Crippen LogP contribution is -2.52. The molecule has 2 amide bonds. The molecule has 0 aromatic carbocycles. The van der Waals surface area contributed by atoms with Crippen molar-refractivity contribution in [1.82, 2.24) is 5.32 Å². The Bertz CT molecular complexity index is 701. The predicted octanol–water partition coefficient (Wildman–Crippen LogP) is 3.57. The molecule has 2 aromatic rings. The van der Waals surface area contributed by atoms with E-state index < -0.39 is 5.54 Å². The number of amides is 2. The average Bonchev–Trinajstić information content (AvgIpc) is 3.22. The van der Waals surface area contributed by atoms with E-state index in [0.717, 1.165) is 18.4 Å². The second kappa shape index (κ2) is 9.03. The van der Waals surface area contributed by atoms with Gasteiger partial charge in [0.1, 0.15) is 0 Å². The summed E-state index contributed by atoms with van der Waals surface area (Å²) in [6.45, 7) is 6.24. The Labute approximate surface area is 157 Å². The summed E-state index contributed by atoms with van der Waals surface area (Å²) in [7, 11) is 0. The van der Waals surface area contributed by atoms with Crippen LogP contribution in [0, 0.1) is 6.92 Å². The van der Waals surface area contributed by atoms with Crippen LogP contribution in [0.4, 0.5) is 5.00 Å². The summed E-state index contributed by atoms with van der Waals surface area (Å²) in [5, 5.41) is 6.39. The molecular weight excluding hydrogens is 362 g/mol. The molecule has 25 heavy (non-hydrogen) atoms. The average molecular weight is 386 g/mol. The Morgan fingerprint density at radius 3 is 2.48 bits per heavy atom. The topological polar surface area (TPSA) is 97.4 Å². The van der Waals surface area contributed by atoms with E-state index in [0.29, 0.717) is 16.4 Å². The largest absolute Gasteiger partial charge is 0.459 e. The maximum Gasteiger partial charge on any atom is 0.291 e. The number of carbonyl (C=O) groups excluding carboxylic acids is 2. The highest BCUT2D eigenvalue weighted by Gasteiger charge is 2.28. The second-order valence-electron chi connectivity index (χ2n) is 5.70. The second-order valence-corrected chi connectivity index (χ2v) is 6.75. The fraction of sp³-hybridized carbons (Fsp3) is 0.412. The number of halogens is 1. The van der Waals surface area contributed by atoms with Gasteiger partial charge in [0, 0.05) is 6.54 Å². The van der Waals surface area contributed by atoms with Gasteiger partial charge in [-0.3, -0.25) is 9.59 Å². The highest BCUT2D eigenvalue weighted by molar-refractivity contribution is 7.18. The van der Waals surface area contributed by atoms with Crippen molar-refractivity contribution in [1.29, 1.82) is 0 Å².